The molecular weight excluding hydrogens is 603 g/mol. The molecule has 0 radical (unpaired) electrons. The van der Waals surface area contributed by atoms with Gasteiger partial charge in [-0.05, 0) is 108 Å². The first-order valence-corrected chi connectivity index (χ1v) is 17.1. The van der Waals surface area contributed by atoms with Crippen molar-refractivity contribution in [3.8, 4) is 19.5 Å². The second-order valence-electron chi connectivity index (χ2n) is 9.58. The van der Waals surface area contributed by atoms with E-state index in [0.717, 1.165) is 38.2 Å². The number of aliphatic imine (C=N–C) groups is 2. The minimum absolute atomic E-state index is 0.920. The SMILES string of the molecule is C(=Nc1ccc(N(c2ccccc2)c2ccc(N=Cc3ccc(-c4cccs4)s3)cc2)cc1)c1ccc(-c2cccs2)s1. The Morgan fingerprint density at radius 1 is 0.419 bits per heavy atom. The molecule has 7 rings (SSSR count). The van der Waals surface area contributed by atoms with Crippen molar-refractivity contribution in [1.29, 1.82) is 0 Å². The molecule has 7 heteroatoms. The summed E-state index contributed by atoms with van der Waals surface area (Å²) in [6.07, 6.45) is 3.90. The van der Waals surface area contributed by atoms with E-state index in [-0.39, 0.29) is 0 Å². The van der Waals surface area contributed by atoms with Crippen LogP contribution in [0.1, 0.15) is 9.75 Å². The number of anilines is 3. The molecule has 0 aliphatic carbocycles. The van der Waals surface area contributed by atoms with Gasteiger partial charge in [0, 0.05) is 58.8 Å². The van der Waals surface area contributed by atoms with E-state index < -0.39 is 0 Å². The van der Waals surface area contributed by atoms with Crippen molar-refractivity contribution in [3.05, 3.63) is 148 Å². The fraction of sp³-hybridized carbons (Fsp3) is 0. The van der Waals surface area contributed by atoms with Gasteiger partial charge < -0.3 is 4.90 Å². The third-order valence-electron chi connectivity index (χ3n) is 6.69. The Balaban J connectivity index is 1.09. The summed E-state index contributed by atoms with van der Waals surface area (Å²) < 4.78 is 0. The lowest BCUT2D eigenvalue weighted by Crippen LogP contribution is -2.09. The highest BCUT2D eigenvalue weighted by Gasteiger charge is 2.12. The zero-order valence-electron chi connectivity index (χ0n) is 22.9. The lowest BCUT2D eigenvalue weighted by molar-refractivity contribution is 1.28. The number of para-hydroxylation sites is 1. The quantitative estimate of drug-likeness (QED) is 0.146. The third-order valence-corrected chi connectivity index (χ3v) is 10.9. The van der Waals surface area contributed by atoms with Gasteiger partial charge in [-0.2, -0.15) is 0 Å². The Hall–Kier alpha value is -4.40. The van der Waals surface area contributed by atoms with E-state index in [2.05, 4.69) is 137 Å². The number of hydrogen-bond acceptors (Lipinski definition) is 7. The Kier molecular flexibility index (Phi) is 8.20. The van der Waals surface area contributed by atoms with Gasteiger partial charge in [-0.1, -0.05) is 30.3 Å². The van der Waals surface area contributed by atoms with Gasteiger partial charge in [-0.25, -0.2) is 0 Å². The Morgan fingerprint density at radius 3 is 1.33 bits per heavy atom. The molecule has 3 nitrogen and oxygen atoms in total. The maximum absolute atomic E-state index is 4.75. The molecule has 0 saturated carbocycles. The predicted molar refractivity (Wildman–Crippen MR) is 191 cm³/mol. The van der Waals surface area contributed by atoms with Crippen molar-refractivity contribution in [2.24, 2.45) is 9.98 Å². The molecule has 43 heavy (non-hydrogen) atoms. The van der Waals surface area contributed by atoms with Crippen molar-refractivity contribution in [1.82, 2.24) is 0 Å². The maximum Gasteiger partial charge on any atom is 0.0631 e. The number of nitrogens with zero attached hydrogens (tertiary/aromatic N) is 3. The minimum Gasteiger partial charge on any atom is -0.311 e. The highest BCUT2D eigenvalue weighted by molar-refractivity contribution is 7.22. The molecule has 4 aromatic heterocycles. The van der Waals surface area contributed by atoms with Crippen LogP contribution in [0.3, 0.4) is 0 Å². The summed E-state index contributed by atoms with van der Waals surface area (Å²) in [6, 6.07) is 44.3. The molecule has 0 fully saturated rings. The monoisotopic (exact) mass is 627 g/mol. The van der Waals surface area contributed by atoms with Crippen LogP contribution >= 0.6 is 45.3 Å². The van der Waals surface area contributed by atoms with Gasteiger partial charge in [0.2, 0.25) is 0 Å². The van der Waals surface area contributed by atoms with Gasteiger partial charge in [0.05, 0.1) is 11.4 Å². The van der Waals surface area contributed by atoms with Crippen LogP contribution in [-0.2, 0) is 0 Å². The van der Waals surface area contributed by atoms with E-state index in [0.29, 0.717) is 0 Å². The second-order valence-corrected chi connectivity index (χ2v) is 13.7. The zero-order chi connectivity index (χ0) is 28.8. The minimum atomic E-state index is 0.920. The molecule has 0 aliphatic rings. The number of benzene rings is 3. The van der Waals surface area contributed by atoms with Crippen molar-refractivity contribution in [3.63, 3.8) is 0 Å². The van der Waals surface area contributed by atoms with E-state index in [1.165, 1.54) is 19.5 Å². The fourth-order valence-electron chi connectivity index (χ4n) is 4.62. The molecule has 0 atom stereocenters. The van der Waals surface area contributed by atoms with Crippen molar-refractivity contribution < 1.29 is 0 Å². The molecule has 0 spiro atoms. The second kappa shape index (κ2) is 12.9. The average molecular weight is 628 g/mol. The van der Waals surface area contributed by atoms with E-state index in [9.17, 15) is 0 Å². The van der Waals surface area contributed by atoms with Crippen LogP contribution in [-0.4, -0.2) is 12.4 Å². The molecule has 4 heterocycles. The Morgan fingerprint density at radius 2 is 0.884 bits per heavy atom. The van der Waals surface area contributed by atoms with E-state index in [4.69, 9.17) is 9.98 Å². The van der Waals surface area contributed by atoms with Crippen LogP contribution in [0.2, 0.25) is 0 Å². The molecule has 0 aliphatic heterocycles. The first kappa shape index (κ1) is 27.4. The number of rotatable bonds is 9. The van der Waals surface area contributed by atoms with Crippen LogP contribution in [0.5, 0.6) is 0 Å². The molecule has 0 unspecified atom stereocenters. The van der Waals surface area contributed by atoms with Crippen LogP contribution < -0.4 is 4.90 Å². The summed E-state index contributed by atoms with van der Waals surface area (Å²) in [5, 5.41) is 4.22. The largest absolute Gasteiger partial charge is 0.311 e. The van der Waals surface area contributed by atoms with Gasteiger partial charge in [0.25, 0.3) is 0 Å². The van der Waals surface area contributed by atoms with Crippen LogP contribution in [0.4, 0.5) is 28.4 Å². The highest BCUT2D eigenvalue weighted by Crippen LogP contribution is 2.37. The zero-order valence-corrected chi connectivity index (χ0v) is 26.2. The van der Waals surface area contributed by atoms with Gasteiger partial charge >= 0.3 is 0 Å². The maximum atomic E-state index is 4.75. The first-order chi connectivity index (χ1) is 21.3. The summed E-state index contributed by atoms with van der Waals surface area (Å²) in [4.78, 5) is 19.2. The van der Waals surface area contributed by atoms with Gasteiger partial charge in [0.15, 0.2) is 0 Å². The van der Waals surface area contributed by atoms with Crippen LogP contribution in [0.25, 0.3) is 19.5 Å². The summed E-state index contributed by atoms with van der Waals surface area (Å²) in [6.45, 7) is 0. The van der Waals surface area contributed by atoms with Gasteiger partial charge in [0.1, 0.15) is 0 Å². The summed E-state index contributed by atoms with van der Waals surface area (Å²) in [5.74, 6) is 0. The molecular formula is C36H25N3S4. The number of thiophene rings is 4. The average Bonchev–Trinajstić information content (AvgIpc) is 3.88. The lowest BCUT2D eigenvalue weighted by atomic mass is 10.1. The van der Waals surface area contributed by atoms with E-state index in [1.807, 2.05) is 18.5 Å². The Bertz CT molecular complexity index is 1820. The molecule has 208 valence electrons. The molecule has 3 aromatic carbocycles. The van der Waals surface area contributed by atoms with Crippen LogP contribution in [0.15, 0.2) is 148 Å². The summed E-state index contributed by atoms with van der Waals surface area (Å²) in [5.41, 5.74) is 5.07. The Labute approximate surface area is 267 Å². The van der Waals surface area contributed by atoms with Crippen molar-refractivity contribution >= 4 is 86.2 Å². The highest BCUT2D eigenvalue weighted by atomic mass is 32.1. The van der Waals surface area contributed by atoms with E-state index in [1.54, 1.807) is 45.3 Å². The van der Waals surface area contributed by atoms with Crippen molar-refractivity contribution in [2.45, 2.75) is 0 Å². The predicted octanol–water partition coefficient (Wildman–Crippen LogP) is 12.2. The molecule has 7 aromatic rings. The van der Waals surface area contributed by atoms with Gasteiger partial charge in [-0.3, -0.25) is 9.98 Å². The lowest BCUT2D eigenvalue weighted by Gasteiger charge is -2.25. The van der Waals surface area contributed by atoms with Gasteiger partial charge in [-0.15, -0.1) is 45.3 Å². The van der Waals surface area contributed by atoms with Crippen LogP contribution in [0, 0.1) is 0 Å². The normalized spacial score (nSPS) is 11.5. The molecule has 0 bridgehead atoms. The fourth-order valence-corrected chi connectivity index (χ4v) is 8.05. The third kappa shape index (κ3) is 6.50. The smallest absolute Gasteiger partial charge is 0.0631 e. The standard InChI is InChI=1S/C36H25N3S4/c1-2-6-28(7-3-1)39(29-14-10-26(11-15-29)37-24-31-18-20-35(42-31)33-8-4-22-40-33)30-16-12-27(13-17-30)38-25-32-19-21-36(43-32)34-9-5-23-41-34/h1-25H. The first-order valence-electron chi connectivity index (χ1n) is 13.7. The number of hydrogen-bond donors (Lipinski definition) is 0. The summed E-state index contributed by atoms with van der Waals surface area (Å²) >= 11 is 7.04. The summed E-state index contributed by atoms with van der Waals surface area (Å²) in [7, 11) is 0. The van der Waals surface area contributed by atoms with E-state index >= 15 is 0 Å². The molecule has 0 saturated heterocycles. The van der Waals surface area contributed by atoms with Crippen molar-refractivity contribution in [2.75, 3.05) is 4.90 Å². The molecule has 0 N–H and O–H groups in total. The topological polar surface area (TPSA) is 28.0 Å². The molecule has 0 amide bonds.